The van der Waals surface area contributed by atoms with Crippen molar-refractivity contribution in [3.63, 3.8) is 0 Å². The molecule has 0 atom stereocenters. The first-order valence-corrected chi connectivity index (χ1v) is 13.5. The number of rotatable bonds is 8. The smallest absolute Gasteiger partial charge is 0.268 e. The first-order chi connectivity index (χ1) is 19.3. The Morgan fingerprint density at radius 1 is 0.925 bits per heavy atom. The van der Waals surface area contributed by atoms with Crippen molar-refractivity contribution >= 4 is 51.7 Å². The van der Waals surface area contributed by atoms with Crippen molar-refractivity contribution in [3.8, 4) is 10.4 Å². The maximum Gasteiger partial charge on any atom is 0.268 e. The van der Waals surface area contributed by atoms with Crippen LogP contribution in [0.2, 0.25) is 0 Å². The van der Waals surface area contributed by atoms with Gasteiger partial charge in [-0.15, -0.1) is 11.3 Å². The first kappa shape index (κ1) is 26.8. The van der Waals surface area contributed by atoms with Crippen LogP contribution in [0.4, 0.5) is 11.6 Å². The third kappa shape index (κ3) is 5.62. The highest BCUT2D eigenvalue weighted by Gasteiger charge is 2.20. The molecule has 0 saturated carbocycles. The lowest BCUT2D eigenvalue weighted by Gasteiger charge is -2.17. The summed E-state index contributed by atoms with van der Waals surface area (Å²) in [5.74, 6) is -0.145. The molecule has 5 aromatic rings. The van der Waals surface area contributed by atoms with Crippen molar-refractivity contribution in [3.05, 3.63) is 95.6 Å². The Labute approximate surface area is 235 Å². The van der Waals surface area contributed by atoms with E-state index in [9.17, 15) is 14.4 Å². The van der Waals surface area contributed by atoms with E-state index in [0.29, 0.717) is 34.1 Å². The highest BCUT2D eigenvalue weighted by Crippen LogP contribution is 2.30. The van der Waals surface area contributed by atoms with Gasteiger partial charge in [-0.25, -0.2) is 4.98 Å². The van der Waals surface area contributed by atoms with Crippen LogP contribution in [0, 0.1) is 0 Å². The fourth-order valence-corrected chi connectivity index (χ4v) is 5.17. The molecule has 0 spiro atoms. The Hall–Kier alpha value is -4.83. The molecular weight excluding hydrogens is 524 g/mol. The van der Waals surface area contributed by atoms with Gasteiger partial charge in [-0.2, -0.15) is 0 Å². The summed E-state index contributed by atoms with van der Waals surface area (Å²) in [6.07, 6.45) is 3.66. The monoisotopic (exact) mass is 552 g/mol. The Morgan fingerprint density at radius 2 is 1.68 bits per heavy atom. The number of anilines is 2. The number of pyridine rings is 1. The lowest BCUT2D eigenvalue weighted by Crippen LogP contribution is -2.26. The van der Waals surface area contributed by atoms with Crippen molar-refractivity contribution in [1.29, 1.82) is 0 Å². The van der Waals surface area contributed by atoms with Crippen LogP contribution in [0.5, 0.6) is 0 Å². The molecular formula is C30H28N6O3S. The van der Waals surface area contributed by atoms with Crippen LogP contribution in [-0.4, -0.2) is 58.3 Å². The molecule has 10 heteroatoms. The second-order valence-electron chi connectivity index (χ2n) is 9.38. The van der Waals surface area contributed by atoms with E-state index in [4.69, 9.17) is 4.98 Å². The Kier molecular flexibility index (Phi) is 7.70. The number of fused-ring (bicyclic) bond motifs is 1. The maximum atomic E-state index is 13.3. The van der Waals surface area contributed by atoms with Gasteiger partial charge in [-0.1, -0.05) is 18.2 Å². The molecule has 0 unspecified atom stereocenters. The second kappa shape index (κ2) is 11.5. The van der Waals surface area contributed by atoms with Gasteiger partial charge in [0.05, 0.1) is 15.9 Å². The molecule has 0 saturated heterocycles. The number of hydrogen-bond acceptors (Lipinski definition) is 6. The van der Waals surface area contributed by atoms with E-state index >= 15 is 0 Å². The summed E-state index contributed by atoms with van der Waals surface area (Å²) < 4.78 is 1.83. The average molecular weight is 553 g/mol. The fourth-order valence-electron chi connectivity index (χ4n) is 4.27. The summed E-state index contributed by atoms with van der Waals surface area (Å²) in [7, 11) is 5.13. The van der Waals surface area contributed by atoms with Crippen LogP contribution < -0.4 is 10.2 Å². The minimum atomic E-state index is -0.294. The molecule has 0 aliphatic carbocycles. The van der Waals surface area contributed by atoms with E-state index in [-0.39, 0.29) is 24.1 Å². The highest BCUT2D eigenvalue weighted by molar-refractivity contribution is 7.17. The standard InChI is InChI=1S/C30H28N6O3S/c1-34(2)27(37)15-18-36-24-10-9-22(35(3)29(39)21-7-5-4-6-8-21)19-23(24)32-30(36)33-28(38)26-12-11-25(40-26)20-13-16-31-17-14-20/h4-14,16-17,19H,15,18H2,1-3H3,(H,32,33,38). The summed E-state index contributed by atoms with van der Waals surface area (Å²) in [6.45, 7) is 0.327. The largest absolute Gasteiger partial charge is 0.349 e. The molecule has 5 rings (SSSR count). The molecule has 9 nitrogen and oxygen atoms in total. The third-order valence-corrected chi connectivity index (χ3v) is 7.65. The number of amides is 3. The van der Waals surface area contributed by atoms with Crippen molar-refractivity contribution < 1.29 is 14.4 Å². The van der Waals surface area contributed by atoms with Crippen LogP contribution in [-0.2, 0) is 11.3 Å². The molecule has 0 fully saturated rings. The maximum absolute atomic E-state index is 13.3. The molecule has 3 aromatic heterocycles. The zero-order chi connectivity index (χ0) is 28.2. The van der Waals surface area contributed by atoms with E-state index in [2.05, 4.69) is 10.3 Å². The molecule has 1 N–H and O–H groups in total. The Morgan fingerprint density at radius 3 is 2.40 bits per heavy atom. The van der Waals surface area contributed by atoms with Crippen molar-refractivity contribution in [2.75, 3.05) is 31.4 Å². The number of benzene rings is 2. The van der Waals surface area contributed by atoms with E-state index < -0.39 is 0 Å². The average Bonchev–Trinajstić information content (AvgIpc) is 3.61. The first-order valence-electron chi connectivity index (χ1n) is 12.7. The molecule has 0 radical (unpaired) electrons. The van der Waals surface area contributed by atoms with Gasteiger partial charge in [-0.3, -0.25) is 24.7 Å². The number of carbonyl (C=O) groups is 3. The number of nitrogens with zero attached hydrogens (tertiary/aromatic N) is 5. The van der Waals surface area contributed by atoms with Crippen molar-refractivity contribution in [1.82, 2.24) is 19.4 Å². The van der Waals surface area contributed by atoms with Gasteiger partial charge in [0.1, 0.15) is 0 Å². The zero-order valence-electron chi connectivity index (χ0n) is 22.4. The van der Waals surface area contributed by atoms with Crippen LogP contribution >= 0.6 is 11.3 Å². The van der Waals surface area contributed by atoms with Crippen molar-refractivity contribution in [2.45, 2.75) is 13.0 Å². The Bertz CT molecular complexity index is 1680. The fraction of sp³-hybridized carbons (Fsp3) is 0.167. The molecule has 0 aliphatic heterocycles. The molecule has 0 bridgehead atoms. The van der Waals surface area contributed by atoms with Gasteiger partial charge in [0.2, 0.25) is 11.9 Å². The SMILES string of the molecule is CN(C)C(=O)CCn1c(NC(=O)c2ccc(-c3ccncc3)s2)nc2cc(N(C)C(=O)c3ccccc3)ccc21. The van der Waals surface area contributed by atoms with E-state index in [1.54, 1.807) is 56.6 Å². The quantitative estimate of drug-likeness (QED) is 0.286. The lowest BCUT2D eigenvalue weighted by molar-refractivity contribution is -0.128. The third-order valence-electron chi connectivity index (χ3n) is 6.51. The number of aromatic nitrogens is 3. The number of imidazole rings is 1. The van der Waals surface area contributed by atoms with Gasteiger partial charge >= 0.3 is 0 Å². The normalized spacial score (nSPS) is 10.9. The predicted molar refractivity (Wildman–Crippen MR) is 158 cm³/mol. The number of thiophene rings is 1. The molecule has 3 heterocycles. The van der Waals surface area contributed by atoms with E-state index in [0.717, 1.165) is 16.0 Å². The van der Waals surface area contributed by atoms with E-state index in [1.165, 1.54) is 16.2 Å². The summed E-state index contributed by atoms with van der Waals surface area (Å²) in [6, 6.07) is 22.0. The van der Waals surface area contributed by atoms with Gasteiger partial charge in [0.25, 0.3) is 11.8 Å². The zero-order valence-corrected chi connectivity index (χ0v) is 23.2. The summed E-state index contributed by atoms with van der Waals surface area (Å²) >= 11 is 1.37. The van der Waals surface area contributed by atoms with Gasteiger partial charge in [0.15, 0.2) is 0 Å². The molecule has 40 heavy (non-hydrogen) atoms. The number of aryl methyl sites for hydroxylation is 1. The minimum Gasteiger partial charge on any atom is -0.349 e. The van der Waals surface area contributed by atoms with Crippen LogP contribution in [0.25, 0.3) is 21.5 Å². The Balaban J connectivity index is 1.45. The highest BCUT2D eigenvalue weighted by atomic mass is 32.1. The lowest BCUT2D eigenvalue weighted by atomic mass is 10.2. The summed E-state index contributed by atoms with van der Waals surface area (Å²) in [5, 5.41) is 2.94. The number of carbonyl (C=O) groups excluding carboxylic acids is 3. The van der Waals surface area contributed by atoms with Crippen LogP contribution in [0.3, 0.4) is 0 Å². The number of nitrogens with one attached hydrogen (secondary N) is 1. The number of hydrogen-bond donors (Lipinski definition) is 1. The summed E-state index contributed by atoms with van der Waals surface area (Å²) in [5.41, 5.74) is 3.56. The topological polar surface area (TPSA) is 100 Å². The van der Waals surface area contributed by atoms with Gasteiger partial charge in [0, 0.05) is 62.6 Å². The van der Waals surface area contributed by atoms with E-state index in [1.807, 2.05) is 59.2 Å². The molecule has 0 aliphatic rings. The minimum absolute atomic E-state index is 0.0378. The van der Waals surface area contributed by atoms with Gasteiger partial charge in [-0.05, 0) is 60.2 Å². The second-order valence-corrected chi connectivity index (χ2v) is 10.5. The van der Waals surface area contributed by atoms with Crippen LogP contribution in [0.1, 0.15) is 26.5 Å². The van der Waals surface area contributed by atoms with Gasteiger partial charge < -0.3 is 14.4 Å². The van der Waals surface area contributed by atoms with Crippen molar-refractivity contribution in [2.24, 2.45) is 0 Å². The molecule has 2 aromatic carbocycles. The molecule has 3 amide bonds. The molecule has 202 valence electrons. The summed E-state index contributed by atoms with van der Waals surface area (Å²) in [4.78, 5) is 52.0. The predicted octanol–water partition coefficient (Wildman–Crippen LogP) is 5.17. The van der Waals surface area contributed by atoms with Crippen LogP contribution in [0.15, 0.2) is 85.2 Å².